The first-order chi connectivity index (χ1) is 6.47. The lowest BCUT2D eigenvalue weighted by Crippen LogP contribution is -2.21. The topological polar surface area (TPSA) is 40.2 Å². The molecule has 0 amide bonds. The van der Waals surface area contributed by atoms with Crippen LogP contribution in [0.2, 0.25) is 25.7 Å². The number of ether oxygens (including phenoxy) is 1. The maximum atomic E-state index is 5.58. The predicted octanol–water partition coefficient (Wildman–Crippen LogP) is 2.38. The first kappa shape index (κ1) is 11.3. The smallest absolute Gasteiger partial charge is 0.122 e. The molecule has 1 rings (SSSR count). The molecule has 0 spiro atoms. The first-order valence-electron chi connectivity index (χ1n) is 4.96. The van der Waals surface area contributed by atoms with E-state index in [2.05, 4.69) is 19.6 Å². The molecule has 1 aromatic rings. The minimum Gasteiger partial charge on any atom is -0.397 e. The highest BCUT2D eigenvalue weighted by molar-refractivity contribution is 6.76. The van der Waals surface area contributed by atoms with Gasteiger partial charge in [0.2, 0.25) is 0 Å². The van der Waals surface area contributed by atoms with Gasteiger partial charge in [-0.25, -0.2) is 0 Å². The zero-order valence-electron chi connectivity index (χ0n) is 9.29. The number of rotatable bonds is 5. The van der Waals surface area contributed by atoms with Gasteiger partial charge in [-0.1, -0.05) is 19.6 Å². The number of nitrogen functional groups attached to an aromatic ring is 1. The summed E-state index contributed by atoms with van der Waals surface area (Å²) in [6.45, 7) is 8.52. The molecule has 0 atom stereocenters. The first-order valence-corrected chi connectivity index (χ1v) is 8.67. The molecule has 3 nitrogen and oxygen atoms in total. The maximum absolute atomic E-state index is 5.58. The molecule has 0 fully saturated rings. The molecule has 0 bridgehead atoms. The standard InChI is InChI=1S/C10H20N2OSi/c1-14(2,3)7-6-13-9-12-5-4-10(11)8-12/h4-5,8H,6-7,9,11H2,1-3H3. The van der Waals surface area contributed by atoms with Crippen molar-refractivity contribution in [2.75, 3.05) is 12.3 Å². The van der Waals surface area contributed by atoms with Crippen molar-refractivity contribution in [3.8, 4) is 0 Å². The fourth-order valence-electron chi connectivity index (χ4n) is 1.09. The number of aromatic nitrogens is 1. The minimum absolute atomic E-state index is 0.613. The van der Waals surface area contributed by atoms with E-state index in [4.69, 9.17) is 10.5 Å². The van der Waals surface area contributed by atoms with Crippen molar-refractivity contribution in [1.82, 2.24) is 4.57 Å². The van der Waals surface area contributed by atoms with Crippen molar-refractivity contribution in [2.24, 2.45) is 0 Å². The number of hydrogen-bond donors (Lipinski definition) is 1. The van der Waals surface area contributed by atoms with Gasteiger partial charge in [-0.2, -0.15) is 0 Å². The van der Waals surface area contributed by atoms with Crippen molar-refractivity contribution in [3.63, 3.8) is 0 Å². The van der Waals surface area contributed by atoms with Crippen LogP contribution in [-0.4, -0.2) is 19.2 Å². The van der Waals surface area contributed by atoms with E-state index in [1.54, 1.807) is 0 Å². The highest BCUT2D eigenvalue weighted by Gasteiger charge is 2.11. The Bertz CT molecular complexity index is 278. The van der Waals surface area contributed by atoms with E-state index in [0.29, 0.717) is 6.73 Å². The van der Waals surface area contributed by atoms with Gasteiger partial charge in [0, 0.05) is 32.8 Å². The van der Waals surface area contributed by atoms with Gasteiger partial charge in [0.25, 0.3) is 0 Å². The fourth-order valence-corrected chi connectivity index (χ4v) is 1.84. The van der Waals surface area contributed by atoms with Gasteiger partial charge in [-0.05, 0) is 12.1 Å². The monoisotopic (exact) mass is 212 g/mol. The molecule has 0 aliphatic rings. The lowest BCUT2D eigenvalue weighted by Gasteiger charge is -2.15. The highest BCUT2D eigenvalue weighted by Crippen LogP contribution is 2.08. The summed E-state index contributed by atoms with van der Waals surface area (Å²) in [6.07, 6.45) is 3.82. The van der Waals surface area contributed by atoms with E-state index in [-0.39, 0.29) is 0 Å². The molecule has 1 heterocycles. The number of nitrogens with zero attached hydrogens (tertiary/aromatic N) is 1. The van der Waals surface area contributed by atoms with Crippen molar-refractivity contribution in [1.29, 1.82) is 0 Å². The Morgan fingerprint density at radius 1 is 1.43 bits per heavy atom. The van der Waals surface area contributed by atoms with Crippen LogP contribution in [0, 0.1) is 0 Å². The Morgan fingerprint density at radius 3 is 2.64 bits per heavy atom. The minimum atomic E-state index is -0.949. The van der Waals surface area contributed by atoms with Crippen LogP contribution in [-0.2, 0) is 11.5 Å². The van der Waals surface area contributed by atoms with Crippen molar-refractivity contribution in [2.45, 2.75) is 32.4 Å². The normalized spacial score (nSPS) is 11.9. The number of hydrogen-bond acceptors (Lipinski definition) is 2. The zero-order valence-corrected chi connectivity index (χ0v) is 10.3. The van der Waals surface area contributed by atoms with Crippen LogP contribution in [0.1, 0.15) is 0 Å². The third-order valence-corrected chi connectivity index (χ3v) is 3.71. The van der Waals surface area contributed by atoms with Crippen LogP contribution < -0.4 is 5.73 Å². The summed E-state index contributed by atoms with van der Waals surface area (Å²) in [4.78, 5) is 0. The van der Waals surface area contributed by atoms with Crippen molar-refractivity contribution < 1.29 is 4.74 Å². The van der Waals surface area contributed by atoms with Crippen molar-refractivity contribution in [3.05, 3.63) is 18.5 Å². The van der Waals surface area contributed by atoms with Crippen LogP contribution in [0.15, 0.2) is 18.5 Å². The molecule has 14 heavy (non-hydrogen) atoms. The molecule has 80 valence electrons. The summed E-state index contributed by atoms with van der Waals surface area (Å²) in [7, 11) is -0.949. The SMILES string of the molecule is C[Si](C)(C)CCOCn1ccc(N)c1. The molecule has 1 aromatic heterocycles. The largest absolute Gasteiger partial charge is 0.397 e. The van der Waals surface area contributed by atoms with Crippen molar-refractivity contribution >= 4 is 13.8 Å². The zero-order chi connectivity index (χ0) is 10.6. The van der Waals surface area contributed by atoms with E-state index in [1.165, 1.54) is 6.04 Å². The Kier molecular flexibility index (Phi) is 3.77. The summed E-state index contributed by atoms with van der Waals surface area (Å²) in [5, 5.41) is 0. The van der Waals surface area contributed by atoms with Crippen LogP contribution in [0.5, 0.6) is 0 Å². The van der Waals surface area contributed by atoms with Gasteiger partial charge in [-0.3, -0.25) is 0 Å². The highest BCUT2D eigenvalue weighted by atomic mass is 28.3. The lowest BCUT2D eigenvalue weighted by molar-refractivity contribution is 0.0875. The summed E-state index contributed by atoms with van der Waals surface area (Å²) in [5.74, 6) is 0. The molecule has 0 aromatic carbocycles. The summed E-state index contributed by atoms with van der Waals surface area (Å²) in [6, 6.07) is 3.09. The number of anilines is 1. The average Bonchev–Trinajstić information content (AvgIpc) is 2.44. The van der Waals surface area contributed by atoms with E-state index >= 15 is 0 Å². The molecule has 0 saturated carbocycles. The predicted molar refractivity (Wildman–Crippen MR) is 62.9 cm³/mol. The van der Waals surface area contributed by atoms with E-state index in [1.807, 2.05) is 23.0 Å². The summed E-state index contributed by atoms with van der Waals surface area (Å²) >= 11 is 0. The third-order valence-electron chi connectivity index (χ3n) is 2.01. The Balaban J connectivity index is 2.16. The van der Waals surface area contributed by atoms with E-state index < -0.39 is 8.07 Å². The molecule has 0 unspecified atom stereocenters. The van der Waals surface area contributed by atoms with Crippen LogP contribution in [0.3, 0.4) is 0 Å². The number of nitrogens with two attached hydrogens (primary N) is 1. The second-order valence-electron chi connectivity index (χ2n) is 4.81. The molecule has 4 heteroatoms. The molecule has 0 aliphatic carbocycles. The molecule has 0 aliphatic heterocycles. The average molecular weight is 212 g/mol. The van der Waals surface area contributed by atoms with Crippen LogP contribution >= 0.6 is 0 Å². The Hall–Kier alpha value is -0.743. The third kappa shape index (κ3) is 4.48. The van der Waals surface area contributed by atoms with Gasteiger partial charge < -0.3 is 15.0 Å². The molecule has 0 saturated heterocycles. The molecule has 2 N–H and O–H groups in total. The van der Waals surface area contributed by atoms with Gasteiger partial charge >= 0.3 is 0 Å². The Labute approximate surface area is 86.9 Å². The van der Waals surface area contributed by atoms with Gasteiger partial charge in [-0.15, -0.1) is 0 Å². The molecular formula is C10H20N2OSi. The quantitative estimate of drug-likeness (QED) is 0.601. The summed E-state index contributed by atoms with van der Waals surface area (Å²) in [5.41, 5.74) is 6.37. The van der Waals surface area contributed by atoms with E-state index in [0.717, 1.165) is 12.3 Å². The molecule has 0 radical (unpaired) electrons. The Morgan fingerprint density at radius 2 is 2.14 bits per heavy atom. The van der Waals surface area contributed by atoms with Gasteiger partial charge in [0.15, 0.2) is 0 Å². The van der Waals surface area contributed by atoms with Crippen LogP contribution in [0.4, 0.5) is 5.69 Å². The fraction of sp³-hybridized carbons (Fsp3) is 0.600. The second-order valence-corrected chi connectivity index (χ2v) is 10.4. The maximum Gasteiger partial charge on any atom is 0.122 e. The molecular weight excluding hydrogens is 192 g/mol. The second kappa shape index (κ2) is 4.66. The van der Waals surface area contributed by atoms with E-state index in [9.17, 15) is 0 Å². The van der Waals surface area contributed by atoms with Gasteiger partial charge in [0.05, 0.1) is 0 Å². The lowest BCUT2D eigenvalue weighted by atomic mass is 10.6. The van der Waals surface area contributed by atoms with Crippen LogP contribution in [0.25, 0.3) is 0 Å². The van der Waals surface area contributed by atoms with Gasteiger partial charge in [0.1, 0.15) is 6.73 Å². The summed E-state index contributed by atoms with van der Waals surface area (Å²) < 4.78 is 7.51.